The molecule has 6 rings (SSSR count). The summed E-state index contributed by atoms with van der Waals surface area (Å²) in [6, 6.07) is 9.84. The predicted octanol–water partition coefficient (Wildman–Crippen LogP) is 4.73. The fraction of sp³-hybridized carbons (Fsp3) is 0.484. The highest BCUT2D eigenvalue weighted by Crippen LogP contribution is 2.35. The van der Waals surface area contributed by atoms with Gasteiger partial charge in [-0.15, -0.1) is 0 Å². The first-order chi connectivity index (χ1) is 19.4. The first-order valence-corrected chi connectivity index (χ1v) is 14.6. The van der Waals surface area contributed by atoms with E-state index >= 15 is 0 Å². The molecule has 2 atom stereocenters. The maximum atomic E-state index is 13.3. The molecule has 4 N–H and O–H groups in total. The third-order valence-corrected chi connectivity index (χ3v) is 8.69. The number of H-pyrrole nitrogens is 1. The molecule has 0 bridgehead atoms. The third kappa shape index (κ3) is 5.67. The van der Waals surface area contributed by atoms with Gasteiger partial charge in [-0.1, -0.05) is 31.1 Å². The monoisotopic (exact) mass is 541 g/mol. The highest BCUT2D eigenvalue weighted by atomic mass is 16.3. The molecule has 1 aliphatic carbocycles. The number of aliphatic hydroxyl groups is 1. The number of pyridine rings is 1. The first kappa shape index (κ1) is 26.7. The van der Waals surface area contributed by atoms with Crippen molar-refractivity contribution in [3.05, 3.63) is 59.4 Å². The Kier molecular flexibility index (Phi) is 7.67. The molecule has 40 heavy (non-hydrogen) atoms. The molecule has 4 heterocycles. The van der Waals surface area contributed by atoms with Crippen molar-refractivity contribution >= 4 is 34.0 Å². The zero-order valence-electron chi connectivity index (χ0n) is 23.2. The lowest BCUT2D eigenvalue weighted by Crippen LogP contribution is -2.36. The molecule has 0 radical (unpaired) electrons. The van der Waals surface area contributed by atoms with E-state index in [-0.39, 0.29) is 23.8 Å². The molecule has 2 saturated heterocycles. The zero-order valence-corrected chi connectivity index (χ0v) is 23.2. The average molecular weight is 542 g/mol. The predicted molar refractivity (Wildman–Crippen MR) is 158 cm³/mol. The number of anilines is 2. The number of aromatic amines is 1. The third-order valence-electron chi connectivity index (χ3n) is 8.69. The number of benzene rings is 1. The highest BCUT2D eigenvalue weighted by Gasteiger charge is 2.29. The van der Waals surface area contributed by atoms with Gasteiger partial charge in [-0.2, -0.15) is 5.10 Å². The van der Waals surface area contributed by atoms with Crippen LogP contribution in [-0.4, -0.2) is 75.6 Å². The van der Waals surface area contributed by atoms with E-state index in [4.69, 9.17) is 5.41 Å². The van der Waals surface area contributed by atoms with Crippen LogP contribution in [0.5, 0.6) is 0 Å². The SMILES string of the molecule is C[C@@H]1C=C(CN2CCCCC2)CC(c2ccc3[nH]nc(C(=O)Nc4ccc(N5CCC(O)CC5)nc4)c3c2)C1=N. The van der Waals surface area contributed by atoms with Gasteiger partial charge in [-0.25, -0.2) is 4.98 Å². The normalized spacial score (nSPS) is 22.9. The minimum atomic E-state index is -0.295. The number of carbonyl (C=O) groups excluding carboxylic acids is 1. The van der Waals surface area contributed by atoms with Crippen molar-refractivity contribution in [2.75, 3.05) is 42.9 Å². The number of nitrogens with zero attached hydrogens (tertiary/aromatic N) is 4. The summed E-state index contributed by atoms with van der Waals surface area (Å²) < 4.78 is 0. The molecule has 2 fully saturated rings. The van der Waals surface area contributed by atoms with Crippen LogP contribution in [0.2, 0.25) is 0 Å². The molecule has 2 aliphatic heterocycles. The fourth-order valence-corrected chi connectivity index (χ4v) is 6.37. The van der Waals surface area contributed by atoms with Crippen LogP contribution in [0.4, 0.5) is 11.5 Å². The average Bonchev–Trinajstić information content (AvgIpc) is 3.40. The number of rotatable bonds is 6. The molecule has 1 aromatic carbocycles. The van der Waals surface area contributed by atoms with E-state index in [1.807, 2.05) is 24.3 Å². The van der Waals surface area contributed by atoms with E-state index in [2.05, 4.69) is 49.4 Å². The number of aliphatic hydroxyl groups excluding tert-OH is 1. The number of nitrogens with one attached hydrogen (secondary N) is 3. The summed E-state index contributed by atoms with van der Waals surface area (Å²) in [5, 5.41) is 29.7. The number of likely N-dealkylation sites (tertiary alicyclic amines) is 1. The molecule has 9 nitrogen and oxygen atoms in total. The minimum Gasteiger partial charge on any atom is -0.393 e. The lowest BCUT2D eigenvalue weighted by Gasteiger charge is -2.33. The molecule has 1 amide bonds. The van der Waals surface area contributed by atoms with Crippen molar-refractivity contribution in [1.82, 2.24) is 20.1 Å². The van der Waals surface area contributed by atoms with Crippen molar-refractivity contribution in [3.8, 4) is 0 Å². The summed E-state index contributed by atoms with van der Waals surface area (Å²) >= 11 is 0. The molecule has 3 aromatic rings. The van der Waals surface area contributed by atoms with Gasteiger partial charge in [0, 0.05) is 42.6 Å². The number of hydrogen-bond acceptors (Lipinski definition) is 7. The van der Waals surface area contributed by atoms with Crippen molar-refractivity contribution in [1.29, 1.82) is 5.41 Å². The Bertz CT molecular complexity index is 1400. The summed E-state index contributed by atoms with van der Waals surface area (Å²) in [7, 11) is 0. The van der Waals surface area contributed by atoms with E-state index in [0.717, 1.165) is 80.0 Å². The standard InChI is InChI=1S/C31H39N7O2/c1-20-15-21(19-37-11-3-2-4-12-37)16-25(29(20)32)22-5-7-27-26(17-22)30(36-35-27)31(40)34-23-6-8-28(33-18-23)38-13-9-24(39)10-14-38/h5-8,15,17-18,20,24-25,32,39H,2-4,9-14,16,19H2,1H3,(H,34,40)(H,35,36)/t20-,25?/m1/s1. The zero-order chi connectivity index (χ0) is 27.6. The number of fused-ring (bicyclic) bond motifs is 1. The Morgan fingerprint density at radius 2 is 1.93 bits per heavy atom. The van der Waals surface area contributed by atoms with E-state index in [0.29, 0.717) is 11.4 Å². The van der Waals surface area contributed by atoms with Crippen molar-refractivity contribution in [2.24, 2.45) is 5.92 Å². The highest BCUT2D eigenvalue weighted by molar-refractivity contribution is 6.11. The van der Waals surface area contributed by atoms with Gasteiger partial charge in [0.05, 0.1) is 23.5 Å². The van der Waals surface area contributed by atoms with E-state index < -0.39 is 0 Å². The Morgan fingerprint density at radius 3 is 2.67 bits per heavy atom. The number of allylic oxidation sites excluding steroid dienone is 1. The lowest BCUT2D eigenvalue weighted by atomic mass is 9.77. The van der Waals surface area contributed by atoms with Gasteiger partial charge in [-0.3, -0.25) is 14.8 Å². The van der Waals surface area contributed by atoms with Crippen molar-refractivity contribution < 1.29 is 9.90 Å². The molecule has 9 heteroatoms. The second-order valence-corrected chi connectivity index (χ2v) is 11.6. The van der Waals surface area contributed by atoms with Gasteiger partial charge in [0.25, 0.3) is 5.91 Å². The largest absolute Gasteiger partial charge is 0.393 e. The summed E-state index contributed by atoms with van der Waals surface area (Å²) in [6.07, 6.45) is 9.92. The Balaban J connectivity index is 1.17. The molecule has 2 aromatic heterocycles. The van der Waals surface area contributed by atoms with Crippen molar-refractivity contribution in [2.45, 2.75) is 57.5 Å². The Labute approximate surface area is 235 Å². The molecular formula is C31H39N7O2. The van der Waals surface area contributed by atoms with E-state index in [9.17, 15) is 9.90 Å². The van der Waals surface area contributed by atoms with Crippen LogP contribution in [0.15, 0.2) is 48.2 Å². The lowest BCUT2D eigenvalue weighted by molar-refractivity contribution is 0.102. The second-order valence-electron chi connectivity index (χ2n) is 11.6. The number of aromatic nitrogens is 3. The van der Waals surface area contributed by atoms with Crippen LogP contribution in [0.25, 0.3) is 10.9 Å². The smallest absolute Gasteiger partial charge is 0.276 e. The molecular weight excluding hydrogens is 502 g/mol. The van der Waals surface area contributed by atoms with Gasteiger partial charge < -0.3 is 20.7 Å². The maximum Gasteiger partial charge on any atom is 0.276 e. The van der Waals surface area contributed by atoms with Crippen LogP contribution in [0.3, 0.4) is 0 Å². The van der Waals surface area contributed by atoms with Crippen LogP contribution < -0.4 is 10.2 Å². The summed E-state index contributed by atoms with van der Waals surface area (Å²) in [4.78, 5) is 22.5. The Morgan fingerprint density at radius 1 is 1.12 bits per heavy atom. The van der Waals surface area contributed by atoms with Crippen LogP contribution in [0, 0.1) is 11.3 Å². The molecule has 3 aliphatic rings. The second kappa shape index (κ2) is 11.5. The molecule has 210 valence electrons. The molecule has 1 unspecified atom stereocenters. The van der Waals surface area contributed by atoms with Gasteiger partial charge in [0.2, 0.25) is 0 Å². The topological polar surface area (TPSA) is 121 Å². The fourth-order valence-electron chi connectivity index (χ4n) is 6.37. The Hall–Kier alpha value is -3.56. The van der Waals surface area contributed by atoms with Crippen LogP contribution >= 0.6 is 0 Å². The quantitative estimate of drug-likeness (QED) is 0.335. The summed E-state index contributed by atoms with van der Waals surface area (Å²) in [5.74, 6) is 0.656. The number of carbonyl (C=O) groups is 1. The van der Waals surface area contributed by atoms with Crippen LogP contribution in [0.1, 0.15) is 67.4 Å². The van der Waals surface area contributed by atoms with Gasteiger partial charge in [0.1, 0.15) is 5.82 Å². The number of hydrogen-bond donors (Lipinski definition) is 4. The maximum absolute atomic E-state index is 13.3. The summed E-state index contributed by atoms with van der Waals surface area (Å²) in [5.41, 5.74) is 4.94. The van der Waals surface area contributed by atoms with E-state index in [1.165, 1.54) is 24.8 Å². The minimum absolute atomic E-state index is 0.00245. The number of amides is 1. The van der Waals surface area contributed by atoms with E-state index in [1.54, 1.807) is 6.20 Å². The van der Waals surface area contributed by atoms with Crippen molar-refractivity contribution in [3.63, 3.8) is 0 Å². The first-order valence-electron chi connectivity index (χ1n) is 14.6. The van der Waals surface area contributed by atoms with Gasteiger partial charge in [0.15, 0.2) is 5.69 Å². The van der Waals surface area contributed by atoms with Gasteiger partial charge in [-0.05, 0) is 75.0 Å². The molecule has 0 saturated carbocycles. The number of piperidine rings is 2. The van der Waals surface area contributed by atoms with Crippen LogP contribution in [-0.2, 0) is 0 Å². The molecule has 0 spiro atoms. The van der Waals surface area contributed by atoms with Gasteiger partial charge >= 0.3 is 0 Å². The summed E-state index contributed by atoms with van der Waals surface area (Å²) in [6.45, 7) is 6.97.